The molecule has 0 fully saturated rings. The number of carbonyl (C=O) groups excluding carboxylic acids is 1. The molecule has 1 aliphatic rings. The lowest BCUT2D eigenvalue weighted by molar-refractivity contribution is 0.0946. The molecule has 23 heavy (non-hydrogen) atoms. The van der Waals surface area contributed by atoms with E-state index in [1.54, 1.807) is 6.20 Å². The molecule has 0 spiro atoms. The summed E-state index contributed by atoms with van der Waals surface area (Å²) in [6.45, 7) is 1.88. The van der Waals surface area contributed by atoms with Gasteiger partial charge >= 0.3 is 0 Å². The fourth-order valence-electron chi connectivity index (χ4n) is 2.54. The van der Waals surface area contributed by atoms with Crippen LogP contribution in [0.2, 0.25) is 0 Å². The molecule has 1 aromatic heterocycles. The predicted octanol–water partition coefficient (Wildman–Crippen LogP) is 1.24. The van der Waals surface area contributed by atoms with Crippen LogP contribution in [0.1, 0.15) is 27.4 Å². The third kappa shape index (κ3) is 3.29. The number of nitrogens with zero attached hydrogens (tertiary/aromatic N) is 3. The lowest BCUT2D eigenvalue weighted by Gasteiger charge is -2.23. The molecule has 2 aromatic rings. The van der Waals surface area contributed by atoms with Crippen molar-refractivity contribution in [3.63, 3.8) is 0 Å². The molecule has 1 amide bonds. The first-order valence-corrected chi connectivity index (χ1v) is 7.32. The molecule has 7 heteroatoms. The van der Waals surface area contributed by atoms with Gasteiger partial charge in [0.25, 0.3) is 5.91 Å². The van der Waals surface area contributed by atoms with Crippen LogP contribution in [0.4, 0.5) is 4.39 Å². The van der Waals surface area contributed by atoms with Gasteiger partial charge in [-0.2, -0.15) is 0 Å². The van der Waals surface area contributed by atoms with Crippen molar-refractivity contribution >= 4 is 5.91 Å². The molecule has 0 aliphatic carbocycles. The van der Waals surface area contributed by atoms with Gasteiger partial charge in [0.05, 0.1) is 12.1 Å². The van der Waals surface area contributed by atoms with Crippen LogP contribution in [0, 0.1) is 5.82 Å². The van der Waals surface area contributed by atoms with Crippen LogP contribution in [0.25, 0.3) is 0 Å². The van der Waals surface area contributed by atoms with Crippen molar-refractivity contribution in [2.75, 3.05) is 13.6 Å². The Kier molecular flexibility index (Phi) is 4.20. The van der Waals surface area contributed by atoms with Gasteiger partial charge in [0, 0.05) is 37.0 Å². The summed E-state index contributed by atoms with van der Waals surface area (Å²) < 4.78 is 13.3. The number of phenolic OH excluding ortho intramolecular Hbond substituents is 1. The molecule has 0 bridgehead atoms. The van der Waals surface area contributed by atoms with Gasteiger partial charge in [0.15, 0.2) is 11.6 Å². The molecule has 0 saturated carbocycles. The number of halogens is 1. The third-order valence-corrected chi connectivity index (χ3v) is 3.81. The molecule has 3 rings (SSSR count). The van der Waals surface area contributed by atoms with E-state index >= 15 is 0 Å². The van der Waals surface area contributed by atoms with Crippen LogP contribution in [0.3, 0.4) is 0 Å². The lowest BCUT2D eigenvalue weighted by Crippen LogP contribution is -2.29. The monoisotopic (exact) mass is 316 g/mol. The average Bonchev–Trinajstić information content (AvgIpc) is 2.55. The number of carbonyl (C=O) groups is 1. The van der Waals surface area contributed by atoms with E-state index in [1.807, 2.05) is 7.05 Å². The van der Waals surface area contributed by atoms with Crippen molar-refractivity contribution in [1.29, 1.82) is 0 Å². The van der Waals surface area contributed by atoms with E-state index in [-0.39, 0.29) is 12.1 Å². The fraction of sp³-hybridized carbons (Fsp3) is 0.312. The zero-order valence-corrected chi connectivity index (χ0v) is 12.7. The van der Waals surface area contributed by atoms with Gasteiger partial charge in [-0.3, -0.25) is 4.79 Å². The first-order valence-electron chi connectivity index (χ1n) is 7.32. The summed E-state index contributed by atoms with van der Waals surface area (Å²) >= 11 is 0. The minimum Gasteiger partial charge on any atom is -0.504 e. The molecule has 0 radical (unpaired) electrons. The van der Waals surface area contributed by atoms with Crippen molar-refractivity contribution < 1.29 is 14.3 Å². The molecule has 1 aliphatic heterocycles. The Morgan fingerprint density at radius 2 is 2.30 bits per heavy atom. The van der Waals surface area contributed by atoms with Crippen molar-refractivity contribution in [2.45, 2.75) is 19.5 Å². The number of rotatable bonds is 3. The second-order valence-electron chi connectivity index (χ2n) is 5.56. The topological polar surface area (TPSA) is 78.4 Å². The third-order valence-electron chi connectivity index (χ3n) is 3.81. The van der Waals surface area contributed by atoms with Gasteiger partial charge in [0.1, 0.15) is 5.82 Å². The van der Waals surface area contributed by atoms with E-state index < -0.39 is 17.5 Å². The van der Waals surface area contributed by atoms with Crippen molar-refractivity contribution in [2.24, 2.45) is 0 Å². The number of para-hydroxylation sites is 1. The highest BCUT2D eigenvalue weighted by Gasteiger charge is 2.17. The fourth-order valence-corrected chi connectivity index (χ4v) is 2.54. The minimum atomic E-state index is -0.827. The van der Waals surface area contributed by atoms with Gasteiger partial charge in [0.2, 0.25) is 0 Å². The van der Waals surface area contributed by atoms with Gasteiger partial charge in [-0.25, -0.2) is 14.4 Å². The van der Waals surface area contributed by atoms with Gasteiger partial charge in [-0.15, -0.1) is 0 Å². The van der Waals surface area contributed by atoms with Crippen molar-refractivity contribution in [1.82, 2.24) is 20.2 Å². The maximum absolute atomic E-state index is 13.3. The van der Waals surface area contributed by atoms with E-state index in [2.05, 4.69) is 20.2 Å². The standard InChI is InChI=1S/C16H17FN4O2/c1-21-6-5-13-10(9-21)7-18-14(20-13)8-19-16(23)11-3-2-4-12(17)15(11)22/h2-4,7,22H,5-6,8-9H2,1H3,(H,19,23). The average molecular weight is 316 g/mol. The summed E-state index contributed by atoms with van der Waals surface area (Å²) in [6.07, 6.45) is 2.62. The summed E-state index contributed by atoms with van der Waals surface area (Å²) in [5.41, 5.74) is 1.98. The highest BCUT2D eigenvalue weighted by atomic mass is 19.1. The molecule has 6 nitrogen and oxygen atoms in total. The first kappa shape index (κ1) is 15.4. The summed E-state index contributed by atoms with van der Waals surface area (Å²) in [7, 11) is 2.04. The maximum Gasteiger partial charge on any atom is 0.255 e. The molecule has 0 atom stereocenters. The Bertz CT molecular complexity index is 751. The van der Waals surface area contributed by atoms with E-state index in [4.69, 9.17) is 0 Å². The van der Waals surface area contributed by atoms with Gasteiger partial charge in [-0.05, 0) is 19.2 Å². The second kappa shape index (κ2) is 6.29. The van der Waals surface area contributed by atoms with Crippen LogP contribution in [-0.4, -0.2) is 39.5 Å². The van der Waals surface area contributed by atoms with Crippen molar-refractivity contribution in [3.8, 4) is 5.75 Å². The number of aromatic hydroxyl groups is 1. The minimum absolute atomic E-state index is 0.107. The number of hydrogen-bond acceptors (Lipinski definition) is 5. The van der Waals surface area contributed by atoms with E-state index in [0.717, 1.165) is 36.8 Å². The molecule has 2 heterocycles. The Morgan fingerprint density at radius 1 is 1.48 bits per heavy atom. The van der Waals surface area contributed by atoms with E-state index in [9.17, 15) is 14.3 Å². The smallest absolute Gasteiger partial charge is 0.255 e. The Balaban J connectivity index is 1.69. The Hall–Kier alpha value is -2.54. The van der Waals surface area contributed by atoms with Crippen molar-refractivity contribution in [3.05, 3.63) is 52.9 Å². The number of likely N-dealkylation sites (N-methyl/N-ethyl adjacent to an activating group) is 1. The second-order valence-corrected chi connectivity index (χ2v) is 5.56. The summed E-state index contributed by atoms with van der Waals surface area (Å²) in [4.78, 5) is 22.9. The normalized spacial score (nSPS) is 14.3. The highest BCUT2D eigenvalue weighted by molar-refractivity contribution is 5.96. The molecule has 2 N–H and O–H groups in total. The number of amides is 1. The SMILES string of the molecule is CN1CCc2nc(CNC(=O)c3cccc(F)c3O)ncc2C1. The molecular weight excluding hydrogens is 299 g/mol. The molecule has 0 unspecified atom stereocenters. The summed E-state index contributed by atoms with van der Waals surface area (Å²) in [5.74, 6) is -1.55. The molecule has 120 valence electrons. The highest BCUT2D eigenvalue weighted by Crippen LogP contribution is 2.20. The zero-order valence-electron chi connectivity index (χ0n) is 12.7. The van der Waals surface area contributed by atoms with Gasteiger partial charge in [-0.1, -0.05) is 6.07 Å². The Labute approximate surface area is 133 Å². The first-order chi connectivity index (χ1) is 11.0. The number of phenols is 1. The molecule has 0 saturated heterocycles. The number of aromatic nitrogens is 2. The van der Waals surface area contributed by atoms with Crippen LogP contribution < -0.4 is 5.32 Å². The quantitative estimate of drug-likeness (QED) is 0.891. The van der Waals surface area contributed by atoms with E-state index in [0.29, 0.717) is 5.82 Å². The number of benzene rings is 1. The van der Waals surface area contributed by atoms with Crippen LogP contribution in [0.15, 0.2) is 24.4 Å². The molecule has 1 aromatic carbocycles. The van der Waals surface area contributed by atoms with Crippen LogP contribution >= 0.6 is 0 Å². The number of fused-ring (bicyclic) bond motifs is 1. The largest absolute Gasteiger partial charge is 0.504 e. The number of nitrogens with one attached hydrogen (secondary N) is 1. The van der Waals surface area contributed by atoms with Gasteiger partial charge < -0.3 is 15.3 Å². The Morgan fingerprint density at radius 3 is 3.13 bits per heavy atom. The van der Waals surface area contributed by atoms with Crippen LogP contribution in [0.5, 0.6) is 5.75 Å². The molecular formula is C16H17FN4O2. The predicted molar refractivity (Wildman–Crippen MR) is 81.3 cm³/mol. The summed E-state index contributed by atoms with van der Waals surface area (Å²) in [6, 6.07) is 3.82. The number of hydrogen-bond donors (Lipinski definition) is 2. The van der Waals surface area contributed by atoms with Crippen LogP contribution in [-0.2, 0) is 19.5 Å². The summed E-state index contributed by atoms with van der Waals surface area (Å²) in [5, 5.41) is 12.2. The lowest BCUT2D eigenvalue weighted by atomic mass is 10.1. The zero-order chi connectivity index (χ0) is 16.4. The maximum atomic E-state index is 13.3. The van der Waals surface area contributed by atoms with E-state index in [1.165, 1.54) is 12.1 Å².